The van der Waals surface area contributed by atoms with Crippen molar-refractivity contribution in [3.63, 3.8) is 0 Å². The van der Waals surface area contributed by atoms with E-state index < -0.39 is 17.5 Å². The minimum Gasteiger partial charge on any atom is -0.327 e. The molecule has 2 aliphatic heterocycles. The minimum absolute atomic E-state index is 0.0808. The highest BCUT2D eigenvalue weighted by molar-refractivity contribution is 5.98. The smallest absolute Gasteiger partial charge is 0.256 e. The van der Waals surface area contributed by atoms with Gasteiger partial charge in [-0.05, 0) is 49.9 Å². The Kier molecular flexibility index (Phi) is 5.01. The molecule has 4 aromatic rings. The van der Waals surface area contributed by atoms with Crippen molar-refractivity contribution in [3.05, 3.63) is 89.4 Å². The van der Waals surface area contributed by atoms with Gasteiger partial charge in [-0.3, -0.25) is 9.48 Å². The largest absolute Gasteiger partial charge is 0.327 e. The van der Waals surface area contributed by atoms with Crippen LogP contribution in [0.3, 0.4) is 0 Å². The molecule has 0 N–H and O–H groups in total. The standard InChI is InChI=1S/C26H22F3N5O/c1-32-25(15-11-19(27)23(29)20(28)12-15)18-13-16-5-4-8-22(24(18)31-32)34(16)26(35)17-6-2-3-7-21(17)33-10-9-30-14-33/h2-3,6-7,9-12,14,16,22H,4-5,8,13H2,1H3/t16-,22+/m1/s1. The Balaban J connectivity index is 1.44. The van der Waals surface area contributed by atoms with Gasteiger partial charge in [-0.15, -0.1) is 0 Å². The summed E-state index contributed by atoms with van der Waals surface area (Å²) >= 11 is 0. The van der Waals surface area contributed by atoms with Crippen LogP contribution >= 0.6 is 0 Å². The number of hydrogen-bond donors (Lipinski definition) is 0. The molecule has 1 fully saturated rings. The van der Waals surface area contributed by atoms with E-state index in [4.69, 9.17) is 5.10 Å². The van der Waals surface area contributed by atoms with Crippen molar-refractivity contribution in [2.45, 2.75) is 37.8 Å². The lowest BCUT2D eigenvalue weighted by Gasteiger charge is -2.45. The van der Waals surface area contributed by atoms with Crippen molar-refractivity contribution in [1.82, 2.24) is 24.2 Å². The fraction of sp³-hybridized carbons (Fsp3) is 0.269. The molecule has 1 saturated heterocycles. The molecule has 2 atom stereocenters. The summed E-state index contributed by atoms with van der Waals surface area (Å²) < 4.78 is 45.1. The molecule has 0 unspecified atom stereocenters. The molecule has 178 valence electrons. The highest BCUT2D eigenvalue weighted by atomic mass is 19.2. The average Bonchev–Trinajstić information content (AvgIpc) is 3.49. The van der Waals surface area contributed by atoms with Crippen LogP contribution in [0, 0.1) is 17.5 Å². The summed E-state index contributed by atoms with van der Waals surface area (Å²) in [5.74, 6) is -4.05. The summed E-state index contributed by atoms with van der Waals surface area (Å²) in [6.07, 6.45) is 8.14. The maximum Gasteiger partial charge on any atom is 0.256 e. The number of carbonyl (C=O) groups excluding carboxylic acids is 1. The zero-order valence-electron chi connectivity index (χ0n) is 19.0. The van der Waals surface area contributed by atoms with Gasteiger partial charge in [-0.25, -0.2) is 18.2 Å². The predicted molar refractivity (Wildman–Crippen MR) is 122 cm³/mol. The van der Waals surface area contributed by atoms with E-state index in [9.17, 15) is 18.0 Å². The first-order valence-corrected chi connectivity index (χ1v) is 11.5. The van der Waals surface area contributed by atoms with Crippen molar-refractivity contribution in [2.24, 2.45) is 7.05 Å². The van der Waals surface area contributed by atoms with Gasteiger partial charge < -0.3 is 9.47 Å². The number of halogens is 3. The monoisotopic (exact) mass is 477 g/mol. The second-order valence-corrected chi connectivity index (χ2v) is 9.09. The van der Waals surface area contributed by atoms with Crippen molar-refractivity contribution < 1.29 is 18.0 Å². The Hall–Kier alpha value is -3.88. The van der Waals surface area contributed by atoms with E-state index in [0.29, 0.717) is 17.7 Å². The summed E-state index contributed by atoms with van der Waals surface area (Å²) in [7, 11) is 1.71. The van der Waals surface area contributed by atoms with Gasteiger partial charge in [0.2, 0.25) is 0 Å². The van der Waals surface area contributed by atoms with E-state index in [1.54, 1.807) is 30.5 Å². The molecule has 0 spiro atoms. The molecule has 9 heteroatoms. The summed E-state index contributed by atoms with van der Waals surface area (Å²) in [5.41, 5.74) is 3.71. The number of fused-ring (bicyclic) bond motifs is 4. The SMILES string of the molecule is Cn1nc2c(c1-c1cc(F)c(F)c(F)c1)C[C@H]1CCC[C@@H]2N1C(=O)c1ccccc1-n1ccnc1. The first-order chi connectivity index (χ1) is 16.9. The Morgan fingerprint density at radius 3 is 2.60 bits per heavy atom. The second kappa shape index (κ2) is 8.11. The molecule has 2 aromatic carbocycles. The van der Waals surface area contributed by atoms with E-state index in [0.717, 1.165) is 48.3 Å². The third-order valence-electron chi connectivity index (χ3n) is 7.08. The lowest BCUT2D eigenvalue weighted by molar-refractivity contribution is 0.0392. The molecular weight excluding hydrogens is 455 g/mol. The van der Waals surface area contributed by atoms with E-state index >= 15 is 0 Å². The quantitative estimate of drug-likeness (QED) is 0.391. The van der Waals surface area contributed by atoms with Gasteiger partial charge >= 0.3 is 0 Å². The van der Waals surface area contributed by atoms with Crippen molar-refractivity contribution in [1.29, 1.82) is 0 Å². The number of aryl methyl sites for hydroxylation is 1. The lowest BCUT2D eigenvalue weighted by Crippen LogP contribution is -2.50. The van der Waals surface area contributed by atoms with Crippen LogP contribution in [0.2, 0.25) is 0 Å². The number of benzene rings is 2. The first-order valence-electron chi connectivity index (χ1n) is 11.5. The van der Waals surface area contributed by atoms with Crippen LogP contribution in [0.15, 0.2) is 55.1 Å². The number of rotatable bonds is 3. The van der Waals surface area contributed by atoms with Crippen molar-refractivity contribution in [2.75, 3.05) is 0 Å². The van der Waals surface area contributed by atoms with Crippen LogP contribution < -0.4 is 0 Å². The van der Waals surface area contributed by atoms with E-state index in [1.165, 1.54) is 0 Å². The summed E-state index contributed by atoms with van der Waals surface area (Å²) in [4.78, 5) is 20.0. The molecule has 6 rings (SSSR count). The van der Waals surface area contributed by atoms with E-state index in [2.05, 4.69) is 4.98 Å². The van der Waals surface area contributed by atoms with Crippen LogP contribution in [0.5, 0.6) is 0 Å². The van der Waals surface area contributed by atoms with Crippen LogP contribution in [-0.2, 0) is 13.5 Å². The molecule has 35 heavy (non-hydrogen) atoms. The fourth-order valence-electron chi connectivity index (χ4n) is 5.62. The number of carbonyl (C=O) groups is 1. The summed E-state index contributed by atoms with van der Waals surface area (Å²) in [6.45, 7) is 0. The number of piperidine rings is 1. The molecule has 2 bridgehead atoms. The molecule has 1 amide bonds. The average molecular weight is 477 g/mol. The van der Waals surface area contributed by atoms with Crippen molar-refractivity contribution >= 4 is 5.91 Å². The number of nitrogens with zero attached hydrogens (tertiary/aromatic N) is 5. The summed E-state index contributed by atoms with van der Waals surface area (Å²) in [6, 6.07) is 9.10. The number of imidazole rings is 1. The molecule has 2 aromatic heterocycles. The second-order valence-electron chi connectivity index (χ2n) is 9.09. The molecule has 0 saturated carbocycles. The third-order valence-corrected chi connectivity index (χ3v) is 7.08. The molecule has 0 aliphatic carbocycles. The van der Waals surface area contributed by atoms with Crippen LogP contribution in [0.4, 0.5) is 13.2 Å². The number of hydrogen-bond acceptors (Lipinski definition) is 3. The normalized spacial score (nSPS) is 19.0. The van der Waals surface area contributed by atoms with Crippen LogP contribution in [0.1, 0.15) is 46.9 Å². The van der Waals surface area contributed by atoms with Crippen LogP contribution in [-0.4, -0.2) is 36.2 Å². The van der Waals surface area contributed by atoms with Gasteiger partial charge in [0.05, 0.1) is 35.0 Å². The van der Waals surface area contributed by atoms with E-state index in [-0.39, 0.29) is 23.6 Å². The zero-order valence-corrected chi connectivity index (χ0v) is 19.0. The molecular formula is C26H22F3N5O. The molecule has 0 radical (unpaired) electrons. The number of para-hydroxylation sites is 1. The van der Waals surface area contributed by atoms with Crippen molar-refractivity contribution in [3.8, 4) is 16.9 Å². The third kappa shape index (κ3) is 3.37. The van der Waals surface area contributed by atoms with Gasteiger partial charge in [0.1, 0.15) is 0 Å². The minimum atomic E-state index is -1.49. The maximum atomic E-state index is 14.0. The Labute approximate surface area is 199 Å². The topological polar surface area (TPSA) is 56.0 Å². The highest BCUT2D eigenvalue weighted by Crippen LogP contribution is 2.45. The predicted octanol–water partition coefficient (Wildman–Crippen LogP) is 4.98. The number of amides is 1. The van der Waals surface area contributed by atoms with Gasteiger partial charge in [-0.2, -0.15) is 5.10 Å². The zero-order chi connectivity index (χ0) is 24.3. The maximum absolute atomic E-state index is 14.0. The molecule has 6 nitrogen and oxygen atoms in total. The fourth-order valence-corrected chi connectivity index (χ4v) is 5.62. The highest BCUT2D eigenvalue weighted by Gasteiger charge is 2.44. The number of aromatic nitrogens is 4. The van der Waals surface area contributed by atoms with Crippen LogP contribution in [0.25, 0.3) is 16.9 Å². The Bertz CT molecular complexity index is 1420. The van der Waals surface area contributed by atoms with Gasteiger partial charge in [0, 0.05) is 36.6 Å². The van der Waals surface area contributed by atoms with Gasteiger partial charge in [-0.1, -0.05) is 12.1 Å². The lowest BCUT2D eigenvalue weighted by atomic mass is 9.81. The first kappa shape index (κ1) is 21.6. The Morgan fingerprint density at radius 2 is 1.86 bits per heavy atom. The van der Waals surface area contributed by atoms with E-state index in [1.807, 2.05) is 33.7 Å². The molecule has 2 aliphatic rings. The Morgan fingerprint density at radius 1 is 1.09 bits per heavy atom. The molecule has 4 heterocycles. The summed E-state index contributed by atoms with van der Waals surface area (Å²) in [5, 5.41) is 4.70. The van der Waals surface area contributed by atoms with Gasteiger partial charge in [0.25, 0.3) is 5.91 Å². The van der Waals surface area contributed by atoms with Gasteiger partial charge in [0.15, 0.2) is 17.5 Å².